The van der Waals surface area contributed by atoms with Crippen LogP contribution in [0.25, 0.3) is 0 Å². The van der Waals surface area contributed by atoms with Crippen molar-refractivity contribution < 1.29 is 24.2 Å². The molecule has 1 aromatic carbocycles. The molecule has 2 atom stereocenters. The molecule has 1 fully saturated rings. The molecular weight excluding hydrogens is 336 g/mol. The predicted octanol–water partition coefficient (Wildman–Crippen LogP) is 2.38. The Balaban J connectivity index is 2.18. The summed E-state index contributed by atoms with van der Waals surface area (Å²) in [6, 6.07) is 4.76. The summed E-state index contributed by atoms with van der Waals surface area (Å²) in [7, 11) is 1.46. The molecule has 2 amide bonds. The molecule has 0 spiro atoms. The fourth-order valence-corrected chi connectivity index (χ4v) is 3.14. The zero-order valence-electron chi connectivity index (χ0n) is 15.8. The molecule has 0 aliphatic heterocycles. The van der Waals surface area contributed by atoms with Gasteiger partial charge < -0.3 is 20.5 Å². The van der Waals surface area contributed by atoms with E-state index < -0.39 is 23.2 Å². The standard InChI is InChI=1S/C19H26N2O5/c1-10(2)9-20-16(22)11-6-7-13(26-5)12(8-11)21-17(23)14-15(18(24)25)19(14,3)4/h6-8,10,14-15H,9H2,1-5H3,(H,20,22)(H,21,23)(H,24,25)/t14-,15-/m0/s1. The van der Waals surface area contributed by atoms with Gasteiger partial charge in [0.1, 0.15) is 5.75 Å². The SMILES string of the molecule is COc1ccc(C(=O)NCC(C)C)cc1NC(=O)[C@@H]1[C@@H](C(=O)O)C1(C)C. The summed E-state index contributed by atoms with van der Waals surface area (Å²) >= 11 is 0. The van der Waals surface area contributed by atoms with E-state index in [0.29, 0.717) is 29.5 Å². The molecule has 26 heavy (non-hydrogen) atoms. The second kappa shape index (κ2) is 7.35. The van der Waals surface area contributed by atoms with Crippen LogP contribution in [0.3, 0.4) is 0 Å². The summed E-state index contributed by atoms with van der Waals surface area (Å²) in [5.41, 5.74) is 0.142. The third kappa shape index (κ3) is 3.98. The molecule has 0 unspecified atom stereocenters. The summed E-state index contributed by atoms with van der Waals surface area (Å²) in [5.74, 6) is -2.23. The van der Waals surface area contributed by atoms with Gasteiger partial charge in [0.25, 0.3) is 5.91 Å². The molecule has 0 heterocycles. The summed E-state index contributed by atoms with van der Waals surface area (Å²) < 4.78 is 5.24. The van der Waals surface area contributed by atoms with Crippen molar-refractivity contribution in [2.24, 2.45) is 23.2 Å². The number of anilines is 1. The van der Waals surface area contributed by atoms with Crippen LogP contribution in [-0.4, -0.2) is 36.5 Å². The average Bonchev–Trinajstić information content (AvgIpc) is 3.15. The first-order chi connectivity index (χ1) is 12.1. The number of rotatable bonds is 7. The molecule has 7 heteroatoms. The van der Waals surface area contributed by atoms with Crippen molar-refractivity contribution in [3.8, 4) is 5.75 Å². The number of carbonyl (C=O) groups is 3. The average molecular weight is 362 g/mol. The molecule has 0 saturated heterocycles. The minimum Gasteiger partial charge on any atom is -0.495 e. The molecule has 0 aromatic heterocycles. The van der Waals surface area contributed by atoms with Gasteiger partial charge >= 0.3 is 5.97 Å². The summed E-state index contributed by atoms with van der Waals surface area (Å²) in [6.45, 7) is 8.04. The van der Waals surface area contributed by atoms with Crippen molar-refractivity contribution in [2.75, 3.05) is 19.0 Å². The van der Waals surface area contributed by atoms with E-state index in [-0.39, 0.29) is 11.8 Å². The highest BCUT2D eigenvalue weighted by atomic mass is 16.5. The lowest BCUT2D eigenvalue weighted by Gasteiger charge is -2.13. The number of carboxylic acids is 1. The summed E-state index contributed by atoms with van der Waals surface area (Å²) in [5, 5.41) is 14.8. The molecule has 0 radical (unpaired) electrons. The number of aliphatic carboxylic acids is 1. The summed E-state index contributed by atoms with van der Waals surface area (Å²) in [6.07, 6.45) is 0. The number of hydrogen-bond acceptors (Lipinski definition) is 4. The third-order valence-corrected chi connectivity index (χ3v) is 4.77. The van der Waals surface area contributed by atoms with Gasteiger partial charge in [-0.15, -0.1) is 0 Å². The highest BCUT2D eigenvalue weighted by molar-refractivity contribution is 6.02. The van der Waals surface area contributed by atoms with E-state index in [0.717, 1.165) is 0 Å². The van der Waals surface area contributed by atoms with E-state index in [9.17, 15) is 19.5 Å². The van der Waals surface area contributed by atoms with Crippen LogP contribution < -0.4 is 15.4 Å². The molecule has 7 nitrogen and oxygen atoms in total. The van der Waals surface area contributed by atoms with Gasteiger partial charge in [0.05, 0.1) is 24.6 Å². The van der Waals surface area contributed by atoms with E-state index in [1.165, 1.54) is 13.2 Å². The number of methoxy groups -OCH3 is 1. The van der Waals surface area contributed by atoms with Crippen molar-refractivity contribution in [1.29, 1.82) is 0 Å². The van der Waals surface area contributed by atoms with Crippen LogP contribution >= 0.6 is 0 Å². The third-order valence-electron chi connectivity index (χ3n) is 4.77. The Bertz CT molecular complexity index is 727. The molecule has 2 rings (SSSR count). The minimum absolute atomic E-state index is 0.244. The Kier molecular flexibility index (Phi) is 5.59. The summed E-state index contributed by atoms with van der Waals surface area (Å²) in [4.78, 5) is 36.1. The smallest absolute Gasteiger partial charge is 0.307 e. The van der Waals surface area contributed by atoms with Crippen LogP contribution in [0.1, 0.15) is 38.1 Å². The Morgan fingerprint density at radius 3 is 2.38 bits per heavy atom. The van der Waals surface area contributed by atoms with Crippen molar-refractivity contribution in [2.45, 2.75) is 27.7 Å². The van der Waals surface area contributed by atoms with Gasteiger partial charge in [0, 0.05) is 12.1 Å². The number of carboxylic acid groups (broad SMARTS) is 1. The Morgan fingerprint density at radius 1 is 1.23 bits per heavy atom. The highest BCUT2D eigenvalue weighted by Gasteiger charge is 2.65. The lowest BCUT2D eigenvalue weighted by molar-refractivity contribution is -0.140. The Labute approximate surface area is 153 Å². The van der Waals surface area contributed by atoms with Gasteiger partial charge in [-0.25, -0.2) is 0 Å². The second-order valence-electron chi connectivity index (χ2n) is 7.62. The maximum atomic E-state index is 12.5. The molecular formula is C19H26N2O5. The minimum atomic E-state index is -0.982. The molecule has 1 aliphatic rings. The number of hydrogen-bond donors (Lipinski definition) is 3. The Hall–Kier alpha value is -2.57. The van der Waals surface area contributed by atoms with Crippen LogP contribution in [0.4, 0.5) is 5.69 Å². The van der Waals surface area contributed by atoms with Crippen LogP contribution in [0.5, 0.6) is 5.75 Å². The number of amides is 2. The van der Waals surface area contributed by atoms with Crippen molar-refractivity contribution in [1.82, 2.24) is 5.32 Å². The van der Waals surface area contributed by atoms with Crippen molar-refractivity contribution >= 4 is 23.5 Å². The van der Waals surface area contributed by atoms with Crippen LogP contribution in [0.15, 0.2) is 18.2 Å². The molecule has 3 N–H and O–H groups in total. The highest BCUT2D eigenvalue weighted by Crippen LogP contribution is 2.58. The number of nitrogens with one attached hydrogen (secondary N) is 2. The van der Waals surface area contributed by atoms with Crippen LogP contribution in [0.2, 0.25) is 0 Å². The van der Waals surface area contributed by atoms with Crippen LogP contribution in [0, 0.1) is 23.2 Å². The lowest BCUT2D eigenvalue weighted by Crippen LogP contribution is -2.27. The van der Waals surface area contributed by atoms with Gasteiger partial charge in [-0.05, 0) is 29.5 Å². The van der Waals surface area contributed by atoms with Gasteiger partial charge in [-0.1, -0.05) is 27.7 Å². The van der Waals surface area contributed by atoms with Gasteiger partial charge in [0.2, 0.25) is 5.91 Å². The second-order valence-corrected chi connectivity index (χ2v) is 7.62. The molecule has 1 aliphatic carbocycles. The molecule has 1 aromatic rings. The van der Waals surface area contributed by atoms with Gasteiger partial charge in [-0.2, -0.15) is 0 Å². The van der Waals surface area contributed by atoms with E-state index in [1.807, 2.05) is 13.8 Å². The lowest BCUT2D eigenvalue weighted by atomic mass is 10.1. The first-order valence-corrected chi connectivity index (χ1v) is 8.59. The topological polar surface area (TPSA) is 105 Å². The quantitative estimate of drug-likeness (QED) is 0.691. The van der Waals surface area contributed by atoms with Gasteiger partial charge in [0.15, 0.2) is 0 Å². The molecule has 1 saturated carbocycles. The maximum absolute atomic E-state index is 12.5. The normalized spacial score (nSPS) is 20.4. The first-order valence-electron chi connectivity index (χ1n) is 8.59. The number of benzene rings is 1. The van der Waals surface area contributed by atoms with Crippen LogP contribution in [-0.2, 0) is 9.59 Å². The Morgan fingerprint density at radius 2 is 1.88 bits per heavy atom. The van der Waals surface area contributed by atoms with E-state index >= 15 is 0 Å². The first kappa shape index (κ1) is 19.8. The zero-order valence-corrected chi connectivity index (χ0v) is 15.8. The van der Waals surface area contributed by atoms with E-state index in [1.54, 1.807) is 26.0 Å². The van der Waals surface area contributed by atoms with E-state index in [4.69, 9.17) is 4.74 Å². The fraction of sp³-hybridized carbons (Fsp3) is 0.526. The zero-order chi connectivity index (χ0) is 19.6. The molecule has 142 valence electrons. The predicted molar refractivity (Wildman–Crippen MR) is 97.2 cm³/mol. The number of carbonyl (C=O) groups excluding carboxylic acids is 2. The largest absolute Gasteiger partial charge is 0.495 e. The number of ether oxygens (including phenoxy) is 1. The monoisotopic (exact) mass is 362 g/mol. The van der Waals surface area contributed by atoms with E-state index in [2.05, 4.69) is 10.6 Å². The fourth-order valence-electron chi connectivity index (χ4n) is 3.14. The molecule has 0 bridgehead atoms. The maximum Gasteiger partial charge on any atom is 0.307 e. The van der Waals surface area contributed by atoms with Crippen molar-refractivity contribution in [3.63, 3.8) is 0 Å². The van der Waals surface area contributed by atoms with Crippen molar-refractivity contribution in [3.05, 3.63) is 23.8 Å². The van der Waals surface area contributed by atoms with Gasteiger partial charge in [-0.3, -0.25) is 14.4 Å².